The van der Waals surface area contributed by atoms with Gasteiger partial charge >= 0.3 is 0 Å². The highest BCUT2D eigenvalue weighted by Gasteiger charge is 2.30. The molecule has 0 unspecified atom stereocenters. The van der Waals surface area contributed by atoms with Gasteiger partial charge in [0.2, 0.25) is 11.8 Å². The summed E-state index contributed by atoms with van der Waals surface area (Å²) in [5, 5.41) is 3.20. The molecule has 2 aromatic carbocycles. The van der Waals surface area contributed by atoms with Crippen molar-refractivity contribution < 1.29 is 9.59 Å². The number of hydrogen-bond donors (Lipinski definition) is 1. The van der Waals surface area contributed by atoms with E-state index >= 15 is 0 Å². The maximum Gasteiger partial charge on any atom is 0.243 e. The van der Waals surface area contributed by atoms with E-state index in [1.165, 1.54) is 24.0 Å². The lowest BCUT2D eigenvalue weighted by Gasteiger charge is -2.31. The lowest BCUT2D eigenvalue weighted by Crippen LogP contribution is -2.51. The summed E-state index contributed by atoms with van der Waals surface area (Å²) in [5.41, 5.74) is 3.45. The number of carbonyl (C=O) groups is 2. The van der Waals surface area contributed by atoms with Gasteiger partial charge in [0.25, 0.3) is 0 Å². The number of carbonyl (C=O) groups excluding carboxylic acids is 2. The third kappa shape index (κ3) is 7.13. The summed E-state index contributed by atoms with van der Waals surface area (Å²) in [4.78, 5) is 28.2. The molecule has 1 fully saturated rings. The van der Waals surface area contributed by atoms with Crippen LogP contribution in [0.15, 0.2) is 54.6 Å². The van der Waals surface area contributed by atoms with Gasteiger partial charge in [-0.05, 0) is 37.3 Å². The third-order valence-electron chi connectivity index (χ3n) is 5.90. The third-order valence-corrected chi connectivity index (χ3v) is 6.89. The van der Waals surface area contributed by atoms with Crippen LogP contribution in [0.25, 0.3) is 0 Å². The van der Waals surface area contributed by atoms with E-state index in [4.69, 9.17) is 0 Å². The molecule has 0 aliphatic heterocycles. The molecule has 1 N–H and O–H groups in total. The second-order valence-corrected chi connectivity index (χ2v) is 9.39. The standard InChI is InChI=1S/C26H34N2O2S/c1-3-24(26(30)27-23-11-7-8-12-23)28(17-21-15-13-20(2)14-16-21)25(29)19-31-18-22-9-5-4-6-10-22/h4-6,9-10,13-16,23-24H,3,7-8,11-12,17-19H2,1-2H3,(H,27,30)/t24-/m1/s1. The topological polar surface area (TPSA) is 49.4 Å². The van der Waals surface area contributed by atoms with Crippen LogP contribution in [0.1, 0.15) is 55.7 Å². The molecule has 1 aliphatic rings. The minimum Gasteiger partial charge on any atom is -0.352 e. The average Bonchev–Trinajstić information content (AvgIpc) is 3.28. The first-order chi connectivity index (χ1) is 15.1. The summed E-state index contributed by atoms with van der Waals surface area (Å²) >= 11 is 1.61. The minimum absolute atomic E-state index is 0.0112. The number of hydrogen-bond acceptors (Lipinski definition) is 3. The average molecular weight is 439 g/mol. The summed E-state index contributed by atoms with van der Waals surface area (Å²) in [6.45, 7) is 4.50. The van der Waals surface area contributed by atoms with Crippen LogP contribution in [-0.4, -0.2) is 34.6 Å². The molecular formula is C26H34N2O2S. The van der Waals surface area contributed by atoms with E-state index in [-0.39, 0.29) is 17.9 Å². The number of nitrogens with one attached hydrogen (secondary N) is 1. The normalized spacial score (nSPS) is 14.9. The first kappa shape index (κ1) is 23.4. The molecule has 2 amide bonds. The van der Waals surface area contributed by atoms with Crippen molar-refractivity contribution in [2.75, 3.05) is 5.75 Å². The lowest BCUT2D eigenvalue weighted by molar-refractivity contribution is -0.139. The highest BCUT2D eigenvalue weighted by Crippen LogP contribution is 2.20. The van der Waals surface area contributed by atoms with Crippen molar-refractivity contribution >= 4 is 23.6 Å². The van der Waals surface area contributed by atoms with Crippen molar-refractivity contribution in [2.45, 2.75) is 70.3 Å². The molecule has 5 heteroatoms. The van der Waals surface area contributed by atoms with E-state index in [1.54, 1.807) is 16.7 Å². The van der Waals surface area contributed by atoms with E-state index in [9.17, 15) is 9.59 Å². The van der Waals surface area contributed by atoms with Crippen LogP contribution in [0, 0.1) is 6.92 Å². The van der Waals surface area contributed by atoms with Crippen molar-refractivity contribution in [2.24, 2.45) is 0 Å². The summed E-state index contributed by atoms with van der Waals surface area (Å²) in [5.74, 6) is 1.17. The van der Waals surface area contributed by atoms with E-state index in [1.807, 2.05) is 37.3 Å². The Bertz CT molecular complexity index is 832. The zero-order valence-electron chi connectivity index (χ0n) is 18.7. The molecule has 1 aliphatic carbocycles. The smallest absolute Gasteiger partial charge is 0.243 e. The van der Waals surface area contributed by atoms with Crippen LogP contribution in [0.2, 0.25) is 0 Å². The molecule has 0 aromatic heterocycles. The summed E-state index contributed by atoms with van der Waals surface area (Å²) in [7, 11) is 0. The second-order valence-electron chi connectivity index (χ2n) is 8.40. The van der Waals surface area contributed by atoms with Gasteiger partial charge in [-0.2, -0.15) is 0 Å². The largest absolute Gasteiger partial charge is 0.352 e. The molecule has 1 saturated carbocycles. The molecule has 3 rings (SSSR count). The first-order valence-electron chi connectivity index (χ1n) is 11.3. The molecule has 0 bridgehead atoms. The SMILES string of the molecule is CC[C@H](C(=O)NC1CCCC1)N(Cc1ccc(C)cc1)C(=O)CSCc1ccccc1. The van der Waals surface area contributed by atoms with Gasteiger partial charge in [0.15, 0.2) is 0 Å². The van der Waals surface area contributed by atoms with Crippen LogP contribution in [-0.2, 0) is 21.9 Å². The predicted octanol–water partition coefficient (Wildman–Crippen LogP) is 5.09. The maximum absolute atomic E-state index is 13.3. The van der Waals surface area contributed by atoms with Crippen molar-refractivity contribution in [3.8, 4) is 0 Å². The van der Waals surface area contributed by atoms with Gasteiger partial charge in [-0.3, -0.25) is 9.59 Å². The fourth-order valence-corrected chi connectivity index (χ4v) is 4.96. The first-order valence-corrected chi connectivity index (χ1v) is 12.5. The van der Waals surface area contributed by atoms with E-state index in [2.05, 4.69) is 36.5 Å². The quantitative estimate of drug-likeness (QED) is 0.562. The van der Waals surface area contributed by atoms with Gasteiger partial charge in [-0.15, -0.1) is 11.8 Å². The monoisotopic (exact) mass is 438 g/mol. The Morgan fingerprint density at radius 1 is 1.03 bits per heavy atom. The van der Waals surface area contributed by atoms with Crippen LogP contribution in [0.5, 0.6) is 0 Å². The Balaban J connectivity index is 1.69. The van der Waals surface area contributed by atoms with Gasteiger partial charge in [0.05, 0.1) is 5.75 Å². The maximum atomic E-state index is 13.3. The predicted molar refractivity (Wildman–Crippen MR) is 129 cm³/mol. The zero-order chi connectivity index (χ0) is 22.1. The molecule has 31 heavy (non-hydrogen) atoms. The Labute approximate surface area is 190 Å². The van der Waals surface area contributed by atoms with E-state index in [0.29, 0.717) is 18.7 Å². The highest BCUT2D eigenvalue weighted by molar-refractivity contribution is 7.99. The number of amides is 2. The van der Waals surface area contributed by atoms with Gasteiger partial charge in [-0.1, -0.05) is 79.9 Å². The molecule has 0 saturated heterocycles. The number of aryl methyl sites for hydroxylation is 1. The molecular weight excluding hydrogens is 404 g/mol. The summed E-state index contributed by atoms with van der Waals surface area (Å²) in [6, 6.07) is 18.2. The zero-order valence-corrected chi connectivity index (χ0v) is 19.5. The van der Waals surface area contributed by atoms with Gasteiger partial charge < -0.3 is 10.2 Å². The number of thioether (sulfide) groups is 1. The fourth-order valence-electron chi connectivity index (χ4n) is 4.09. The minimum atomic E-state index is -0.438. The Kier molecular flexibility index (Phi) is 9.01. The molecule has 0 heterocycles. The summed E-state index contributed by atoms with van der Waals surface area (Å²) < 4.78 is 0. The fraction of sp³-hybridized carbons (Fsp3) is 0.462. The number of benzene rings is 2. The lowest BCUT2D eigenvalue weighted by atomic mass is 10.1. The van der Waals surface area contributed by atoms with Crippen LogP contribution >= 0.6 is 11.8 Å². The van der Waals surface area contributed by atoms with E-state index in [0.717, 1.165) is 24.2 Å². The Morgan fingerprint density at radius 3 is 2.35 bits per heavy atom. The molecule has 4 nitrogen and oxygen atoms in total. The van der Waals surface area contributed by atoms with E-state index < -0.39 is 6.04 Å². The molecule has 2 aromatic rings. The van der Waals surface area contributed by atoms with Crippen LogP contribution < -0.4 is 5.32 Å². The van der Waals surface area contributed by atoms with Gasteiger partial charge in [0.1, 0.15) is 6.04 Å². The molecule has 1 atom stereocenters. The highest BCUT2D eigenvalue weighted by atomic mass is 32.2. The van der Waals surface area contributed by atoms with Crippen molar-refractivity contribution in [3.63, 3.8) is 0 Å². The molecule has 0 radical (unpaired) electrons. The van der Waals surface area contributed by atoms with Crippen molar-refractivity contribution in [3.05, 3.63) is 71.3 Å². The molecule has 166 valence electrons. The van der Waals surface area contributed by atoms with Crippen molar-refractivity contribution in [1.82, 2.24) is 10.2 Å². The second kappa shape index (κ2) is 11.9. The van der Waals surface area contributed by atoms with Crippen LogP contribution in [0.4, 0.5) is 0 Å². The Hall–Kier alpha value is -2.27. The molecule has 0 spiro atoms. The van der Waals surface area contributed by atoms with Gasteiger partial charge in [0, 0.05) is 18.3 Å². The summed E-state index contributed by atoms with van der Waals surface area (Å²) in [6.07, 6.45) is 5.04. The number of rotatable bonds is 10. The van der Waals surface area contributed by atoms with Crippen molar-refractivity contribution in [1.29, 1.82) is 0 Å². The number of nitrogens with zero attached hydrogens (tertiary/aromatic N) is 1. The Morgan fingerprint density at radius 2 is 1.71 bits per heavy atom. The van der Waals surface area contributed by atoms with Gasteiger partial charge in [-0.25, -0.2) is 0 Å². The van der Waals surface area contributed by atoms with Crippen LogP contribution in [0.3, 0.4) is 0 Å².